The molecule has 0 aliphatic heterocycles. The van der Waals surface area contributed by atoms with Crippen molar-refractivity contribution in [2.24, 2.45) is 0 Å². The van der Waals surface area contributed by atoms with E-state index in [4.69, 9.17) is 5.11 Å². The van der Waals surface area contributed by atoms with Gasteiger partial charge in [0.1, 0.15) is 5.69 Å². The Morgan fingerprint density at radius 3 is 2.81 bits per heavy atom. The lowest BCUT2D eigenvalue weighted by atomic mass is 10.2. The van der Waals surface area contributed by atoms with Gasteiger partial charge in [-0.2, -0.15) is 0 Å². The zero-order valence-electron chi connectivity index (χ0n) is 11.9. The first-order valence-electron chi connectivity index (χ1n) is 6.44. The highest BCUT2D eigenvalue weighted by atomic mass is 32.2. The molecule has 0 saturated heterocycles. The van der Waals surface area contributed by atoms with Crippen LogP contribution in [0.15, 0.2) is 29.3 Å². The maximum Gasteiger partial charge on any atom is 0.175 e. The maximum atomic E-state index is 11.6. The van der Waals surface area contributed by atoms with E-state index in [2.05, 4.69) is 15.6 Å². The number of aryl methyl sites for hydroxylation is 1. The topological polar surface area (TPSA) is 97.1 Å². The minimum Gasteiger partial charge on any atom is -0.394 e. The van der Waals surface area contributed by atoms with E-state index in [1.54, 1.807) is 29.1 Å². The summed E-state index contributed by atoms with van der Waals surface area (Å²) in [6.45, 7) is 2.73. The lowest BCUT2D eigenvalue weighted by molar-refractivity contribution is 0.268. The van der Waals surface area contributed by atoms with Crippen LogP contribution in [0.2, 0.25) is 0 Å². The van der Waals surface area contributed by atoms with Crippen molar-refractivity contribution < 1.29 is 13.5 Å². The molecular weight excluding hydrogens is 292 g/mol. The maximum absolute atomic E-state index is 11.6. The van der Waals surface area contributed by atoms with Gasteiger partial charge in [0.05, 0.1) is 30.8 Å². The van der Waals surface area contributed by atoms with Gasteiger partial charge in [0, 0.05) is 11.9 Å². The molecule has 0 spiro atoms. The number of benzene rings is 1. The quantitative estimate of drug-likeness (QED) is 0.811. The Hall–Kier alpha value is -1.93. The van der Waals surface area contributed by atoms with E-state index in [0.29, 0.717) is 18.8 Å². The van der Waals surface area contributed by atoms with E-state index in [9.17, 15) is 8.42 Å². The van der Waals surface area contributed by atoms with Crippen LogP contribution in [-0.2, 0) is 22.9 Å². The fourth-order valence-electron chi connectivity index (χ4n) is 1.84. The number of rotatable bonds is 6. The van der Waals surface area contributed by atoms with E-state index in [-0.39, 0.29) is 11.5 Å². The minimum absolute atomic E-state index is 0.00570. The van der Waals surface area contributed by atoms with Crippen LogP contribution in [0.5, 0.6) is 0 Å². The summed E-state index contributed by atoms with van der Waals surface area (Å²) in [5.74, 6) is 0. The summed E-state index contributed by atoms with van der Waals surface area (Å²) in [5.41, 5.74) is 2.41. The molecule has 1 heterocycles. The Labute approximate surface area is 123 Å². The minimum atomic E-state index is -3.23. The van der Waals surface area contributed by atoms with Crippen molar-refractivity contribution in [2.45, 2.75) is 24.9 Å². The van der Waals surface area contributed by atoms with Crippen LogP contribution >= 0.6 is 0 Å². The van der Waals surface area contributed by atoms with E-state index < -0.39 is 9.84 Å². The molecule has 8 heteroatoms. The summed E-state index contributed by atoms with van der Waals surface area (Å²) in [6, 6.07) is 4.97. The first-order chi connectivity index (χ1) is 9.90. The Balaban J connectivity index is 2.12. The second-order valence-electron chi connectivity index (χ2n) is 4.80. The molecule has 0 aliphatic carbocycles. The van der Waals surface area contributed by atoms with Gasteiger partial charge in [-0.3, -0.25) is 0 Å². The van der Waals surface area contributed by atoms with Crippen molar-refractivity contribution in [1.82, 2.24) is 15.0 Å². The number of nitrogens with one attached hydrogen (secondary N) is 1. The monoisotopic (exact) mass is 310 g/mol. The summed E-state index contributed by atoms with van der Waals surface area (Å²) in [5, 5.41) is 19.8. The smallest absolute Gasteiger partial charge is 0.175 e. The van der Waals surface area contributed by atoms with Gasteiger partial charge in [-0.1, -0.05) is 11.3 Å². The number of aliphatic hydroxyl groups is 1. The standard InChI is InChI=1S/C13H18N4O3S/c1-10-3-4-12(21(2,19)20)7-13(10)14-8-11-9-17(5-6-18)16-15-11/h3-4,7,9,14,18H,5-6,8H2,1-2H3. The van der Waals surface area contributed by atoms with Gasteiger partial charge >= 0.3 is 0 Å². The highest BCUT2D eigenvalue weighted by Crippen LogP contribution is 2.20. The van der Waals surface area contributed by atoms with Gasteiger partial charge in [0.15, 0.2) is 9.84 Å². The van der Waals surface area contributed by atoms with Crippen LogP contribution in [0.3, 0.4) is 0 Å². The van der Waals surface area contributed by atoms with Crippen LogP contribution in [0, 0.1) is 6.92 Å². The van der Waals surface area contributed by atoms with Crippen LogP contribution in [-0.4, -0.2) is 41.4 Å². The summed E-state index contributed by atoms with van der Waals surface area (Å²) in [6.07, 6.45) is 2.92. The first-order valence-corrected chi connectivity index (χ1v) is 8.34. The lowest BCUT2D eigenvalue weighted by Crippen LogP contribution is -2.04. The third-order valence-electron chi connectivity index (χ3n) is 3.01. The molecule has 114 valence electrons. The van der Waals surface area contributed by atoms with Gasteiger partial charge in [-0.25, -0.2) is 13.1 Å². The predicted octanol–water partition coefficient (Wildman–Crippen LogP) is 0.594. The van der Waals surface area contributed by atoms with E-state index in [1.807, 2.05) is 6.92 Å². The van der Waals surface area contributed by atoms with Crippen molar-refractivity contribution in [3.63, 3.8) is 0 Å². The number of hydrogen-bond acceptors (Lipinski definition) is 6. The van der Waals surface area contributed by atoms with Crippen molar-refractivity contribution >= 4 is 15.5 Å². The molecule has 0 radical (unpaired) electrons. The normalized spacial score (nSPS) is 11.6. The molecule has 0 unspecified atom stereocenters. The zero-order chi connectivity index (χ0) is 15.5. The van der Waals surface area contributed by atoms with Crippen LogP contribution < -0.4 is 5.32 Å². The van der Waals surface area contributed by atoms with Gasteiger partial charge in [-0.15, -0.1) is 5.10 Å². The highest BCUT2D eigenvalue weighted by molar-refractivity contribution is 7.90. The largest absolute Gasteiger partial charge is 0.394 e. The average Bonchev–Trinajstić information content (AvgIpc) is 2.84. The number of aromatic nitrogens is 3. The average molecular weight is 310 g/mol. The first kappa shape index (κ1) is 15.5. The van der Waals surface area contributed by atoms with Crippen LogP contribution in [0.25, 0.3) is 0 Å². The Kier molecular flexibility index (Phi) is 4.59. The molecule has 0 saturated carbocycles. The molecule has 21 heavy (non-hydrogen) atoms. The third-order valence-corrected chi connectivity index (χ3v) is 4.12. The van der Waals surface area contributed by atoms with E-state index >= 15 is 0 Å². The number of anilines is 1. The van der Waals surface area contributed by atoms with Gasteiger partial charge in [0.25, 0.3) is 0 Å². The third kappa shape index (κ3) is 4.02. The number of hydrogen-bond donors (Lipinski definition) is 2. The Morgan fingerprint density at radius 1 is 1.38 bits per heavy atom. The second-order valence-corrected chi connectivity index (χ2v) is 6.81. The fourth-order valence-corrected chi connectivity index (χ4v) is 2.49. The molecule has 0 bridgehead atoms. The van der Waals surface area contributed by atoms with Gasteiger partial charge in [-0.05, 0) is 24.6 Å². The number of aliphatic hydroxyl groups excluding tert-OH is 1. The second kappa shape index (κ2) is 6.23. The molecule has 1 aromatic heterocycles. The van der Waals surface area contributed by atoms with Crippen LogP contribution in [0.1, 0.15) is 11.3 Å². The molecule has 0 atom stereocenters. The molecular formula is C13H18N4O3S. The lowest BCUT2D eigenvalue weighted by Gasteiger charge is -2.09. The van der Waals surface area contributed by atoms with E-state index in [0.717, 1.165) is 11.3 Å². The van der Waals surface area contributed by atoms with Crippen molar-refractivity contribution in [1.29, 1.82) is 0 Å². The summed E-state index contributed by atoms with van der Waals surface area (Å²) in [7, 11) is -3.23. The molecule has 0 amide bonds. The highest BCUT2D eigenvalue weighted by Gasteiger charge is 2.09. The number of sulfone groups is 1. The molecule has 2 rings (SSSR count). The summed E-state index contributed by atoms with van der Waals surface area (Å²) < 4.78 is 24.7. The van der Waals surface area contributed by atoms with Crippen molar-refractivity contribution in [3.05, 3.63) is 35.7 Å². The van der Waals surface area contributed by atoms with Crippen molar-refractivity contribution in [3.8, 4) is 0 Å². The van der Waals surface area contributed by atoms with Crippen LogP contribution in [0.4, 0.5) is 5.69 Å². The molecule has 1 aromatic carbocycles. The van der Waals surface area contributed by atoms with Crippen molar-refractivity contribution in [2.75, 3.05) is 18.2 Å². The van der Waals surface area contributed by atoms with Gasteiger partial charge in [0.2, 0.25) is 0 Å². The fraction of sp³-hybridized carbons (Fsp3) is 0.385. The molecule has 2 aromatic rings. The summed E-state index contributed by atoms with van der Waals surface area (Å²) in [4.78, 5) is 0.277. The Bertz CT molecular complexity index is 725. The number of nitrogens with zero attached hydrogens (tertiary/aromatic N) is 3. The molecule has 2 N–H and O–H groups in total. The predicted molar refractivity (Wildman–Crippen MR) is 78.7 cm³/mol. The SMILES string of the molecule is Cc1ccc(S(C)(=O)=O)cc1NCc1cn(CCO)nn1. The molecule has 7 nitrogen and oxygen atoms in total. The van der Waals surface area contributed by atoms with E-state index in [1.165, 1.54) is 6.26 Å². The summed E-state index contributed by atoms with van der Waals surface area (Å²) >= 11 is 0. The Morgan fingerprint density at radius 2 is 2.14 bits per heavy atom. The molecule has 0 aliphatic rings. The van der Waals surface area contributed by atoms with Gasteiger partial charge < -0.3 is 10.4 Å². The zero-order valence-corrected chi connectivity index (χ0v) is 12.8. The molecule has 0 fully saturated rings.